The van der Waals surface area contributed by atoms with Crippen LogP contribution in [0.25, 0.3) is 4.85 Å². The van der Waals surface area contributed by atoms with Gasteiger partial charge >= 0.3 is 5.66 Å². The summed E-state index contributed by atoms with van der Waals surface area (Å²) >= 11 is 0. The summed E-state index contributed by atoms with van der Waals surface area (Å²) in [5.74, 6) is 0.919. The number of piperidine rings is 2. The minimum atomic E-state index is -0.437. The molecule has 1 N–H and O–H groups in total. The number of nitrogens with zero attached hydrogens (tertiary/aromatic N) is 4. The van der Waals surface area contributed by atoms with Crippen molar-refractivity contribution in [3.05, 3.63) is 72.1 Å². The third-order valence-corrected chi connectivity index (χ3v) is 6.54. The smallest absolute Gasteiger partial charge is 0.310 e. The third kappa shape index (κ3) is 6.41. The first-order chi connectivity index (χ1) is 15.4. The van der Waals surface area contributed by atoms with Crippen LogP contribution in [0.15, 0.2) is 65.7 Å². The van der Waals surface area contributed by atoms with Gasteiger partial charge in [0.1, 0.15) is 0 Å². The maximum Gasteiger partial charge on any atom is 0.310 e. The van der Waals surface area contributed by atoms with Gasteiger partial charge in [0.15, 0.2) is 0 Å². The first-order valence-electron chi connectivity index (χ1n) is 11.6. The minimum Gasteiger partial charge on any atom is -0.314 e. The Hall–Kier alpha value is -2.68. The Morgan fingerprint density at radius 2 is 1.56 bits per heavy atom. The van der Waals surface area contributed by atoms with Gasteiger partial charge in [-0.05, 0) is 44.8 Å². The van der Waals surface area contributed by atoms with Gasteiger partial charge in [-0.25, -0.2) is 6.57 Å². The maximum atomic E-state index is 7.53. The summed E-state index contributed by atoms with van der Waals surface area (Å²) in [4.78, 5) is 13.3. The molecule has 32 heavy (non-hydrogen) atoms. The standard InChI is InChI=1S/C14H19N3.C13H18N2/c1-12-11-17(3)10-9-14(12,15-2)16-13-7-5-4-6-8-13;1-11-10-15(2)9-8-13(11)14-12-6-4-3-5-7-12/h4-8,12,16H,9-11H2,1,3H3;3-7,11H,8-10H2,1-2H3. The van der Waals surface area contributed by atoms with E-state index in [1.54, 1.807) is 0 Å². The van der Waals surface area contributed by atoms with Crippen molar-refractivity contribution in [2.24, 2.45) is 16.8 Å². The van der Waals surface area contributed by atoms with Gasteiger partial charge < -0.3 is 15.1 Å². The molecular formula is C27H37N5. The number of hydrogen-bond acceptors (Lipinski definition) is 4. The van der Waals surface area contributed by atoms with Gasteiger partial charge in [0.05, 0.1) is 18.0 Å². The lowest BCUT2D eigenvalue weighted by Gasteiger charge is -2.37. The number of anilines is 1. The fourth-order valence-corrected chi connectivity index (χ4v) is 4.52. The van der Waals surface area contributed by atoms with E-state index in [4.69, 9.17) is 11.6 Å². The third-order valence-electron chi connectivity index (χ3n) is 6.54. The van der Waals surface area contributed by atoms with Crippen LogP contribution in [-0.2, 0) is 0 Å². The van der Waals surface area contributed by atoms with Crippen LogP contribution < -0.4 is 5.32 Å². The molecule has 0 amide bonds. The van der Waals surface area contributed by atoms with Crippen LogP contribution in [0.1, 0.15) is 26.7 Å². The molecule has 5 heteroatoms. The van der Waals surface area contributed by atoms with E-state index in [1.807, 2.05) is 48.5 Å². The Labute approximate surface area is 194 Å². The molecule has 3 atom stereocenters. The zero-order valence-electron chi connectivity index (χ0n) is 20.0. The van der Waals surface area contributed by atoms with E-state index in [1.165, 1.54) is 5.71 Å². The molecule has 0 aliphatic carbocycles. The van der Waals surface area contributed by atoms with Crippen LogP contribution in [0.5, 0.6) is 0 Å². The summed E-state index contributed by atoms with van der Waals surface area (Å²) in [5, 5.41) is 3.43. The Morgan fingerprint density at radius 1 is 0.938 bits per heavy atom. The molecule has 0 radical (unpaired) electrons. The molecule has 5 nitrogen and oxygen atoms in total. The zero-order chi connectivity index (χ0) is 23.0. The molecule has 2 aromatic rings. The van der Waals surface area contributed by atoms with Crippen molar-refractivity contribution in [3.63, 3.8) is 0 Å². The van der Waals surface area contributed by atoms with Crippen LogP contribution in [0, 0.1) is 18.4 Å². The van der Waals surface area contributed by atoms with Crippen molar-refractivity contribution < 1.29 is 0 Å². The topological polar surface area (TPSA) is 35.2 Å². The monoisotopic (exact) mass is 431 g/mol. The van der Waals surface area contributed by atoms with Crippen LogP contribution in [0.4, 0.5) is 11.4 Å². The fraction of sp³-hybridized carbons (Fsp3) is 0.481. The van der Waals surface area contributed by atoms with Gasteiger partial charge in [-0.3, -0.25) is 9.84 Å². The molecule has 0 bridgehead atoms. The lowest BCUT2D eigenvalue weighted by molar-refractivity contribution is 0.167. The molecule has 170 valence electrons. The molecule has 2 aliphatic rings. The Balaban J connectivity index is 0.000000182. The Morgan fingerprint density at radius 3 is 2.16 bits per heavy atom. The van der Waals surface area contributed by atoms with Crippen molar-refractivity contribution in [1.82, 2.24) is 9.80 Å². The summed E-state index contributed by atoms with van der Waals surface area (Å²) in [6.45, 7) is 16.2. The summed E-state index contributed by atoms with van der Waals surface area (Å²) in [5.41, 5.74) is 3.04. The van der Waals surface area contributed by atoms with Crippen LogP contribution >= 0.6 is 0 Å². The molecule has 0 saturated carbocycles. The van der Waals surface area contributed by atoms with E-state index in [0.29, 0.717) is 11.8 Å². The lowest BCUT2D eigenvalue weighted by atomic mass is 9.87. The quantitative estimate of drug-likeness (QED) is 0.660. The summed E-state index contributed by atoms with van der Waals surface area (Å²) in [6, 6.07) is 20.3. The van der Waals surface area contributed by atoms with Gasteiger partial charge in [0.2, 0.25) is 0 Å². The predicted molar refractivity (Wildman–Crippen MR) is 135 cm³/mol. The summed E-state index contributed by atoms with van der Waals surface area (Å²) < 4.78 is 0. The van der Waals surface area contributed by atoms with Crippen molar-refractivity contribution in [2.75, 3.05) is 45.6 Å². The van der Waals surface area contributed by atoms with Crippen molar-refractivity contribution in [1.29, 1.82) is 0 Å². The highest BCUT2D eigenvalue weighted by Crippen LogP contribution is 2.32. The highest BCUT2D eigenvalue weighted by atomic mass is 15.2. The Kier molecular flexibility index (Phi) is 8.44. The number of rotatable bonds is 3. The van der Waals surface area contributed by atoms with Gasteiger partial charge in [-0.1, -0.05) is 50.2 Å². The zero-order valence-corrected chi connectivity index (χ0v) is 20.0. The highest BCUT2D eigenvalue weighted by Gasteiger charge is 2.46. The van der Waals surface area contributed by atoms with Crippen LogP contribution in [-0.4, -0.2) is 61.4 Å². The number of likely N-dealkylation sites (tertiary alicyclic amines) is 2. The van der Waals surface area contributed by atoms with E-state index in [-0.39, 0.29) is 0 Å². The Bertz CT molecular complexity index is 905. The van der Waals surface area contributed by atoms with Gasteiger partial charge in [-0.15, -0.1) is 0 Å². The van der Waals surface area contributed by atoms with Crippen molar-refractivity contribution in [2.45, 2.75) is 32.4 Å². The summed E-state index contributed by atoms with van der Waals surface area (Å²) in [6.07, 6.45) is 1.98. The second kappa shape index (κ2) is 11.3. The summed E-state index contributed by atoms with van der Waals surface area (Å²) in [7, 11) is 4.29. The molecule has 2 saturated heterocycles. The second-order valence-corrected chi connectivity index (χ2v) is 9.29. The number of para-hydroxylation sites is 2. The van der Waals surface area contributed by atoms with E-state index in [9.17, 15) is 0 Å². The van der Waals surface area contributed by atoms with Crippen molar-refractivity contribution in [3.8, 4) is 0 Å². The van der Waals surface area contributed by atoms with Gasteiger partial charge in [0.25, 0.3) is 0 Å². The largest absolute Gasteiger partial charge is 0.314 e. The molecule has 2 heterocycles. The van der Waals surface area contributed by atoms with E-state index < -0.39 is 5.66 Å². The molecule has 2 aliphatic heterocycles. The van der Waals surface area contributed by atoms with E-state index in [2.05, 4.69) is 60.0 Å². The lowest BCUT2D eigenvalue weighted by Crippen LogP contribution is -2.52. The molecular weight excluding hydrogens is 394 g/mol. The molecule has 3 unspecified atom stereocenters. The molecule has 0 aromatic heterocycles. The maximum absolute atomic E-state index is 7.53. The van der Waals surface area contributed by atoms with Gasteiger partial charge in [0, 0.05) is 43.5 Å². The minimum absolute atomic E-state index is 0.332. The number of nitrogens with one attached hydrogen (secondary N) is 1. The normalized spacial score (nSPS) is 27.8. The van der Waals surface area contributed by atoms with Crippen LogP contribution in [0.2, 0.25) is 0 Å². The highest BCUT2D eigenvalue weighted by molar-refractivity contribution is 5.89. The number of benzene rings is 2. The molecule has 2 fully saturated rings. The fourth-order valence-electron chi connectivity index (χ4n) is 4.52. The number of hydrogen-bond donors (Lipinski definition) is 1. The average Bonchev–Trinajstić information content (AvgIpc) is 2.80. The molecule has 0 spiro atoms. The van der Waals surface area contributed by atoms with E-state index in [0.717, 1.165) is 50.4 Å². The van der Waals surface area contributed by atoms with Crippen molar-refractivity contribution >= 4 is 17.1 Å². The van der Waals surface area contributed by atoms with Crippen LogP contribution in [0.3, 0.4) is 0 Å². The number of aliphatic imine (C=N–C) groups is 1. The second-order valence-electron chi connectivity index (χ2n) is 9.29. The van der Waals surface area contributed by atoms with E-state index >= 15 is 0 Å². The predicted octanol–water partition coefficient (Wildman–Crippen LogP) is 5.42. The first kappa shape index (κ1) is 24.0. The molecule has 2 aromatic carbocycles. The SMILES string of the molecule is CC1CN(C)CCC1=Nc1ccccc1.[C-]#[N+]C1(Nc2ccccc2)CCN(C)CC1C. The average molecular weight is 432 g/mol. The van der Waals surface area contributed by atoms with Gasteiger partial charge in [-0.2, -0.15) is 0 Å². The molecule has 4 rings (SSSR count). The first-order valence-corrected chi connectivity index (χ1v) is 11.6.